The highest BCUT2D eigenvalue weighted by Crippen LogP contribution is 2.21. The van der Waals surface area contributed by atoms with Gasteiger partial charge < -0.3 is 0 Å². The lowest BCUT2D eigenvalue weighted by atomic mass is 9.97. The zero-order valence-corrected chi connectivity index (χ0v) is 15.4. The third-order valence-electron chi connectivity index (χ3n) is 4.61. The molecule has 2 heteroatoms. The fourth-order valence-electron chi connectivity index (χ4n) is 3.12. The quantitative estimate of drug-likeness (QED) is 0.448. The molecule has 24 heavy (non-hydrogen) atoms. The van der Waals surface area contributed by atoms with Gasteiger partial charge in [0, 0.05) is 12.4 Å². The fourth-order valence-corrected chi connectivity index (χ4v) is 3.12. The summed E-state index contributed by atoms with van der Waals surface area (Å²) in [5, 5.41) is 0. The number of aromatic nitrogens is 2. The van der Waals surface area contributed by atoms with E-state index in [9.17, 15) is 0 Å². The molecule has 2 aromatic rings. The van der Waals surface area contributed by atoms with E-state index >= 15 is 0 Å². The molecule has 0 amide bonds. The highest BCUT2D eigenvalue weighted by Gasteiger charge is 2.08. The molecule has 0 fully saturated rings. The largest absolute Gasteiger partial charge is 0.255 e. The molecule has 0 spiro atoms. The second kappa shape index (κ2) is 11.0. The molecule has 0 saturated heterocycles. The van der Waals surface area contributed by atoms with Gasteiger partial charge in [-0.2, -0.15) is 0 Å². The zero-order chi connectivity index (χ0) is 17.0. The summed E-state index contributed by atoms with van der Waals surface area (Å²) in [5.74, 6) is 0. The lowest BCUT2D eigenvalue weighted by Gasteiger charge is -2.11. The minimum atomic E-state index is 0.977. The van der Waals surface area contributed by atoms with Crippen LogP contribution in [0.5, 0.6) is 0 Å². The fraction of sp³-hybridized carbons (Fsp3) is 0.545. The maximum absolute atomic E-state index is 4.69. The zero-order valence-electron chi connectivity index (χ0n) is 15.4. The topological polar surface area (TPSA) is 25.8 Å². The Morgan fingerprint density at radius 2 is 1.42 bits per heavy atom. The van der Waals surface area contributed by atoms with E-state index in [4.69, 9.17) is 4.98 Å². The van der Waals surface area contributed by atoms with Gasteiger partial charge in [-0.25, -0.2) is 0 Å². The van der Waals surface area contributed by atoms with Gasteiger partial charge in [0.15, 0.2) is 0 Å². The van der Waals surface area contributed by atoms with E-state index in [2.05, 4.69) is 31.1 Å². The average molecular weight is 325 g/mol. The van der Waals surface area contributed by atoms with E-state index in [1.807, 2.05) is 24.4 Å². The van der Waals surface area contributed by atoms with Crippen molar-refractivity contribution in [2.24, 2.45) is 0 Å². The summed E-state index contributed by atoms with van der Waals surface area (Å²) < 4.78 is 0. The molecule has 0 aliphatic heterocycles. The van der Waals surface area contributed by atoms with E-state index in [1.165, 1.54) is 75.3 Å². The van der Waals surface area contributed by atoms with Crippen molar-refractivity contribution in [2.45, 2.75) is 78.1 Å². The van der Waals surface area contributed by atoms with Gasteiger partial charge in [0.05, 0.1) is 11.4 Å². The van der Waals surface area contributed by atoms with Crippen LogP contribution in [0.15, 0.2) is 36.7 Å². The number of hydrogen-bond acceptors (Lipinski definition) is 2. The monoisotopic (exact) mass is 324 g/mol. The molecule has 0 saturated carbocycles. The standard InChI is InChI=1S/C22H32N2/c1-3-5-7-9-13-19-17-22(21-15-11-12-16-23-21)24-18-20(19)14-10-8-6-4-2/h11-12,15-18H,3-10,13-14H2,1-2H3. The molecule has 0 aliphatic rings. The summed E-state index contributed by atoms with van der Waals surface area (Å²) in [7, 11) is 0. The Morgan fingerprint density at radius 1 is 0.708 bits per heavy atom. The molecule has 0 unspecified atom stereocenters. The Labute approximate surface area is 147 Å². The molecule has 2 nitrogen and oxygen atoms in total. The van der Waals surface area contributed by atoms with Crippen molar-refractivity contribution < 1.29 is 0 Å². The van der Waals surface area contributed by atoms with Crippen molar-refractivity contribution in [3.63, 3.8) is 0 Å². The van der Waals surface area contributed by atoms with Crippen molar-refractivity contribution in [3.05, 3.63) is 47.8 Å². The highest BCUT2D eigenvalue weighted by atomic mass is 14.8. The molecule has 2 rings (SSSR count). The molecule has 2 heterocycles. The maximum Gasteiger partial charge on any atom is 0.0889 e. The molecule has 0 aliphatic carbocycles. The molecule has 2 aromatic heterocycles. The summed E-state index contributed by atoms with van der Waals surface area (Å²) in [5.41, 5.74) is 4.92. The van der Waals surface area contributed by atoms with Gasteiger partial charge in [-0.3, -0.25) is 9.97 Å². The molecule has 0 radical (unpaired) electrons. The van der Waals surface area contributed by atoms with E-state index in [0.29, 0.717) is 0 Å². The van der Waals surface area contributed by atoms with Crippen molar-refractivity contribution in [2.75, 3.05) is 0 Å². The molecule has 0 aromatic carbocycles. The van der Waals surface area contributed by atoms with Crippen LogP contribution in [0, 0.1) is 0 Å². The molecular formula is C22H32N2. The maximum atomic E-state index is 4.69. The summed E-state index contributed by atoms with van der Waals surface area (Å²) in [6, 6.07) is 8.31. The van der Waals surface area contributed by atoms with Crippen molar-refractivity contribution in [1.82, 2.24) is 9.97 Å². The number of hydrogen-bond donors (Lipinski definition) is 0. The Balaban J connectivity index is 2.09. The van der Waals surface area contributed by atoms with Crippen LogP contribution in [0.25, 0.3) is 11.4 Å². The third-order valence-corrected chi connectivity index (χ3v) is 4.61. The number of nitrogens with zero attached hydrogens (tertiary/aromatic N) is 2. The molecule has 130 valence electrons. The Morgan fingerprint density at radius 3 is 2.04 bits per heavy atom. The molecule has 0 bridgehead atoms. The Hall–Kier alpha value is -1.70. The predicted molar refractivity (Wildman–Crippen MR) is 103 cm³/mol. The van der Waals surface area contributed by atoms with Gasteiger partial charge >= 0.3 is 0 Å². The summed E-state index contributed by atoms with van der Waals surface area (Å²) in [4.78, 5) is 9.14. The normalized spacial score (nSPS) is 10.9. The van der Waals surface area contributed by atoms with Gasteiger partial charge in [0.2, 0.25) is 0 Å². The number of aryl methyl sites for hydroxylation is 2. The van der Waals surface area contributed by atoms with Gasteiger partial charge in [-0.1, -0.05) is 58.4 Å². The first-order valence-electron chi connectivity index (χ1n) is 9.74. The van der Waals surface area contributed by atoms with Crippen LogP contribution in [0.2, 0.25) is 0 Å². The van der Waals surface area contributed by atoms with Crippen LogP contribution in [0.3, 0.4) is 0 Å². The third kappa shape index (κ3) is 6.07. The lowest BCUT2D eigenvalue weighted by molar-refractivity contribution is 0.649. The minimum Gasteiger partial charge on any atom is -0.255 e. The van der Waals surface area contributed by atoms with Crippen LogP contribution in [-0.4, -0.2) is 9.97 Å². The SMILES string of the molecule is CCCCCCc1cnc(-c2ccccn2)cc1CCCCCC. The summed E-state index contributed by atoms with van der Waals surface area (Å²) in [6.45, 7) is 4.53. The molecule has 0 atom stereocenters. The smallest absolute Gasteiger partial charge is 0.0889 e. The van der Waals surface area contributed by atoms with E-state index in [0.717, 1.165) is 11.4 Å². The summed E-state index contributed by atoms with van der Waals surface area (Å²) >= 11 is 0. The average Bonchev–Trinajstić information content (AvgIpc) is 2.64. The molecular weight excluding hydrogens is 292 g/mol. The van der Waals surface area contributed by atoms with Gasteiger partial charge in [0.25, 0.3) is 0 Å². The first-order chi connectivity index (χ1) is 11.8. The Kier molecular flexibility index (Phi) is 8.51. The highest BCUT2D eigenvalue weighted by molar-refractivity contribution is 5.55. The van der Waals surface area contributed by atoms with Crippen LogP contribution in [0.4, 0.5) is 0 Å². The van der Waals surface area contributed by atoms with E-state index in [1.54, 1.807) is 0 Å². The second-order valence-corrected chi connectivity index (χ2v) is 6.67. The number of rotatable bonds is 11. The van der Waals surface area contributed by atoms with Crippen molar-refractivity contribution >= 4 is 0 Å². The van der Waals surface area contributed by atoms with Crippen molar-refractivity contribution in [1.29, 1.82) is 0 Å². The first-order valence-corrected chi connectivity index (χ1v) is 9.74. The molecule has 0 N–H and O–H groups in total. The minimum absolute atomic E-state index is 0.977. The van der Waals surface area contributed by atoms with Crippen LogP contribution >= 0.6 is 0 Å². The lowest BCUT2D eigenvalue weighted by Crippen LogP contribution is -1.99. The van der Waals surface area contributed by atoms with Gasteiger partial charge in [-0.15, -0.1) is 0 Å². The van der Waals surface area contributed by atoms with Crippen LogP contribution in [-0.2, 0) is 12.8 Å². The van der Waals surface area contributed by atoms with E-state index in [-0.39, 0.29) is 0 Å². The van der Waals surface area contributed by atoms with Crippen molar-refractivity contribution in [3.8, 4) is 11.4 Å². The summed E-state index contributed by atoms with van der Waals surface area (Å²) in [6.07, 6.45) is 16.8. The van der Waals surface area contributed by atoms with Crippen LogP contribution < -0.4 is 0 Å². The second-order valence-electron chi connectivity index (χ2n) is 6.67. The number of pyridine rings is 2. The number of unbranched alkanes of at least 4 members (excludes halogenated alkanes) is 6. The van der Waals surface area contributed by atoms with Crippen LogP contribution in [0.1, 0.15) is 76.3 Å². The Bertz CT molecular complexity index is 578. The predicted octanol–water partition coefficient (Wildman–Crippen LogP) is 6.39. The van der Waals surface area contributed by atoms with E-state index < -0.39 is 0 Å². The van der Waals surface area contributed by atoms with Gasteiger partial charge in [-0.05, 0) is 55.0 Å². The van der Waals surface area contributed by atoms with Gasteiger partial charge in [0.1, 0.15) is 0 Å². The first kappa shape index (κ1) is 18.6.